The van der Waals surface area contributed by atoms with Crippen molar-refractivity contribution in [2.45, 2.75) is 32.1 Å². The average Bonchev–Trinajstić information content (AvgIpc) is 3.30. The van der Waals surface area contributed by atoms with Gasteiger partial charge in [-0.05, 0) is 47.3 Å². The molecule has 0 bridgehead atoms. The zero-order valence-corrected chi connectivity index (χ0v) is 13.0. The molecule has 3 rings (SSSR count). The van der Waals surface area contributed by atoms with Crippen LogP contribution < -0.4 is 5.32 Å². The molecular formula is C15H17BrN4. The van der Waals surface area contributed by atoms with Crippen LogP contribution in [0.3, 0.4) is 0 Å². The van der Waals surface area contributed by atoms with E-state index in [2.05, 4.69) is 49.2 Å². The van der Waals surface area contributed by atoms with Gasteiger partial charge in [0, 0.05) is 34.9 Å². The Morgan fingerprint density at radius 3 is 2.80 bits per heavy atom. The highest BCUT2D eigenvalue weighted by Crippen LogP contribution is 2.40. The van der Waals surface area contributed by atoms with Gasteiger partial charge in [-0.15, -0.1) is 0 Å². The van der Waals surface area contributed by atoms with Crippen LogP contribution in [0, 0.1) is 0 Å². The molecule has 104 valence electrons. The second kappa shape index (κ2) is 5.87. The van der Waals surface area contributed by atoms with Gasteiger partial charge in [-0.2, -0.15) is 0 Å². The van der Waals surface area contributed by atoms with Gasteiger partial charge in [-0.1, -0.05) is 6.92 Å². The topological polar surface area (TPSA) is 50.7 Å². The third-order valence-electron chi connectivity index (χ3n) is 3.25. The van der Waals surface area contributed by atoms with E-state index in [1.165, 1.54) is 12.8 Å². The first-order chi connectivity index (χ1) is 9.76. The fourth-order valence-corrected chi connectivity index (χ4v) is 2.26. The molecule has 0 atom stereocenters. The number of nitrogens with zero attached hydrogens (tertiary/aromatic N) is 3. The minimum Gasteiger partial charge on any atom is -0.370 e. The van der Waals surface area contributed by atoms with E-state index in [0.29, 0.717) is 11.7 Å². The number of aromatic nitrogens is 3. The third kappa shape index (κ3) is 3.15. The van der Waals surface area contributed by atoms with E-state index >= 15 is 0 Å². The summed E-state index contributed by atoms with van der Waals surface area (Å²) in [5.74, 6) is 2.22. The molecule has 2 aromatic rings. The lowest BCUT2D eigenvalue weighted by Crippen LogP contribution is -2.05. The number of hydrogen-bond donors (Lipinski definition) is 1. The third-order valence-corrected chi connectivity index (χ3v) is 3.72. The highest BCUT2D eigenvalue weighted by molar-refractivity contribution is 9.10. The molecular weight excluding hydrogens is 316 g/mol. The number of anilines is 1. The summed E-state index contributed by atoms with van der Waals surface area (Å²) in [4.78, 5) is 13.6. The largest absolute Gasteiger partial charge is 0.370 e. The van der Waals surface area contributed by atoms with Gasteiger partial charge in [0.25, 0.3) is 0 Å². The molecule has 0 saturated heterocycles. The van der Waals surface area contributed by atoms with Crippen LogP contribution in [0.2, 0.25) is 0 Å². The van der Waals surface area contributed by atoms with Crippen LogP contribution in [0.15, 0.2) is 28.9 Å². The standard InChI is InChI=1S/C15H17BrN4/c1-2-7-17-14-8-13(10-3-4-10)19-15(20-14)12-6-5-11(16)9-18-12/h5-6,8-10H,2-4,7H2,1H3,(H,17,19,20). The summed E-state index contributed by atoms with van der Waals surface area (Å²) in [5, 5.41) is 3.35. The van der Waals surface area contributed by atoms with E-state index in [9.17, 15) is 0 Å². The Bertz CT molecular complexity index is 593. The molecule has 1 N–H and O–H groups in total. The Morgan fingerprint density at radius 2 is 2.15 bits per heavy atom. The van der Waals surface area contributed by atoms with E-state index in [4.69, 9.17) is 0 Å². The Balaban J connectivity index is 1.95. The van der Waals surface area contributed by atoms with Crippen molar-refractivity contribution in [3.63, 3.8) is 0 Å². The maximum Gasteiger partial charge on any atom is 0.180 e. The highest BCUT2D eigenvalue weighted by atomic mass is 79.9. The molecule has 0 aromatic carbocycles. The monoisotopic (exact) mass is 332 g/mol. The molecule has 0 unspecified atom stereocenters. The molecule has 2 heterocycles. The number of rotatable bonds is 5. The second-order valence-electron chi connectivity index (χ2n) is 5.06. The zero-order chi connectivity index (χ0) is 13.9. The minimum absolute atomic E-state index is 0.606. The fourth-order valence-electron chi connectivity index (χ4n) is 2.02. The molecule has 0 aliphatic heterocycles. The molecule has 0 amide bonds. The van der Waals surface area contributed by atoms with Crippen LogP contribution in [0.25, 0.3) is 11.5 Å². The van der Waals surface area contributed by atoms with Gasteiger partial charge in [0.05, 0.1) is 0 Å². The van der Waals surface area contributed by atoms with Crippen LogP contribution >= 0.6 is 15.9 Å². The molecule has 0 spiro atoms. The molecule has 1 aliphatic rings. The van der Waals surface area contributed by atoms with E-state index < -0.39 is 0 Å². The van der Waals surface area contributed by atoms with Gasteiger partial charge in [-0.25, -0.2) is 9.97 Å². The number of nitrogens with one attached hydrogen (secondary N) is 1. The fraction of sp³-hybridized carbons (Fsp3) is 0.400. The molecule has 1 saturated carbocycles. The van der Waals surface area contributed by atoms with Crippen molar-refractivity contribution in [1.29, 1.82) is 0 Å². The Labute approximate surface area is 127 Å². The summed E-state index contributed by atoms with van der Waals surface area (Å²) in [6.07, 6.45) is 5.32. The first kappa shape index (κ1) is 13.5. The first-order valence-electron chi connectivity index (χ1n) is 7.01. The predicted molar refractivity (Wildman–Crippen MR) is 83.7 cm³/mol. The Morgan fingerprint density at radius 1 is 1.30 bits per heavy atom. The first-order valence-corrected chi connectivity index (χ1v) is 7.80. The average molecular weight is 333 g/mol. The van der Waals surface area contributed by atoms with Crippen LogP contribution in [0.1, 0.15) is 37.8 Å². The molecule has 1 aliphatic carbocycles. The minimum atomic E-state index is 0.606. The lowest BCUT2D eigenvalue weighted by Gasteiger charge is -2.09. The quantitative estimate of drug-likeness (QED) is 0.898. The highest BCUT2D eigenvalue weighted by Gasteiger charge is 2.26. The number of pyridine rings is 1. The van der Waals surface area contributed by atoms with Crippen molar-refractivity contribution in [2.24, 2.45) is 0 Å². The van der Waals surface area contributed by atoms with Gasteiger partial charge in [0.1, 0.15) is 11.5 Å². The maximum atomic E-state index is 4.67. The Hall–Kier alpha value is -1.49. The van der Waals surface area contributed by atoms with E-state index in [-0.39, 0.29) is 0 Å². The molecule has 20 heavy (non-hydrogen) atoms. The van der Waals surface area contributed by atoms with E-state index in [1.807, 2.05) is 12.1 Å². The van der Waals surface area contributed by atoms with Crippen molar-refractivity contribution in [2.75, 3.05) is 11.9 Å². The van der Waals surface area contributed by atoms with Gasteiger partial charge in [0.2, 0.25) is 0 Å². The van der Waals surface area contributed by atoms with Crippen molar-refractivity contribution >= 4 is 21.7 Å². The van der Waals surface area contributed by atoms with E-state index in [1.54, 1.807) is 6.20 Å². The van der Waals surface area contributed by atoms with Gasteiger partial charge in [-0.3, -0.25) is 4.98 Å². The summed E-state index contributed by atoms with van der Waals surface area (Å²) in [7, 11) is 0. The predicted octanol–water partition coefficient (Wildman–Crippen LogP) is 4.00. The van der Waals surface area contributed by atoms with Crippen molar-refractivity contribution in [3.05, 3.63) is 34.6 Å². The molecule has 0 radical (unpaired) electrons. The van der Waals surface area contributed by atoms with Crippen LogP contribution in [-0.2, 0) is 0 Å². The van der Waals surface area contributed by atoms with Crippen LogP contribution in [0.4, 0.5) is 5.82 Å². The van der Waals surface area contributed by atoms with Crippen molar-refractivity contribution in [3.8, 4) is 11.5 Å². The maximum absolute atomic E-state index is 4.67. The lowest BCUT2D eigenvalue weighted by molar-refractivity contribution is 0.945. The summed E-state index contributed by atoms with van der Waals surface area (Å²) in [6, 6.07) is 5.99. The zero-order valence-electron chi connectivity index (χ0n) is 11.4. The lowest BCUT2D eigenvalue weighted by atomic mass is 10.2. The van der Waals surface area contributed by atoms with Crippen molar-refractivity contribution in [1.82, 2.24) is 15.0 Å². The Kier molecular flexibility index (Phi) is 3.96. The second-order valence-corrected chi connectivity index (χ2v) is 5.98. The molecule has 5 heteroatoms. The van der Waals surface area contributed by atoms with Gasteiger partial charge >= 0.3 is 0 Å². The van der Waals surface area contributed by atoms with Crippen molar-refractivity contribution < 1.29 is 0 Å². The van der Waals surface area contributed by atoms with Gasteiger partial charge < -0.3 is 5.32 Å². The summed E-state index contributed by atoms with van der Waals surface area (Å²) in [6.45, 7) is 3.07. The SMILES string of the molecule is CCCNc1cc(C2CC2)nc(-c2ccc(Br)cn2)n1. The van der Waals surface area contributed by atoms with Crippen LogP contribution in [0.5, 0.6) is 0 Å². The van der Waals surface area contributed by atoms with Crippen LogP contribution in [-0.4, -0.2) is 21.5 Å². The molecule has 1 fully saturated rings. The molecule has 2 aromatic heterocycles. The van der Waals surface area contributed by atoms with E-state index in [0.717, 1.165) is 34.6 Å². The summed E-state index contributed by atoms with van der Waals surface area (Å²) < 4.78 is 0.962. The normalized spacial score (nSPS) is 14.3. The number of halogens is 1. The summed E-state index contributed by atoms with van der Waals surface area (Å²) in [5.41, 5.74) is 1.95. The number of hydrogen-bond acceptors (Lipinski definition) is 4. The smallest absolute Gasteiger partial charge is 0.180 e. The summed E-state index contributed by atoms with van der Waals surface area (Å²) >= 11 is 3.40. The van der Waals surface area contributed by atoms with Gasteiger partial charge in [0.15, 0.2) is 5.82 Å². The molecule has 4 nitrogen and oxygen atoms in total.